The standard InChI is InChI=1S/C12H20N2/c1-4-5-9(2)12(8-13)10(3)14-11-6-7-11/h8,11,13-14H,2,4-7H2,1,3H3/b12-10+,13-8?. The highest BCUT2D eigenvalue weighted by Crippen LogP contribution is 2.22. The summed E-state index contributed by atoms with van der Waals surface area (Å²) in [5, 5.41) is 10.8. The molecule has 1 saturated carbocycles. The Hall–Kier alpha value is -1.05. The fourth-order valence-corrected chi connectivity index (χ4v) is 1.52. The van der Waals surface area contributed by atoms with E-state index in [-0.39, 0.29) is 0 Å². The predicted octanol–water partition coefficient (Wildman–Crippen LogP) is 3.02. The number of hydrogen-bond acceptors (Lipinski definition) is 2. The lowest BCUT2D eigenvalue weighted by molar-refractivity contribution is 0.795. The molecule has 0 aromatic heterocycles. The Morgan fingerprint density at radius 3 is 2.64 bits per heavy atom. The van der Waals surface area contributed by atoms with Gasteiger partial charge in [0.15, 0.2) is 0 Å². The van der Waals surface area contributed by atoms with Crippen LogP contribution in [0.1, 0.15) is 39.5 Å². The molecule has 0 saturated heterocycles. The molecule has 14 heavy (non-hydrogen) atoms. The maximum Gasteiger partial charge on any atom is 0.0270 e. The molecule has 0 bridgehead atoms. The van der Waals surface area contributed by atoms with Crippen LogP contribution in [0.25, 0.3) is 0 Å². The molecule has 0 spiro atoms. The molecule has 0 aromatic rings. The summed E-state index contributed by atoms with van der Waals surface area (Å²) in [6.07, 6.45) is 6.02. The van der Waals surface area contributed by atoms with Gasteiger partial charge in [0.2, 0.25) is 0 Å². The molecule has 0 unspecified atom stereocenters. The van der Waals surface area contributed by atoms with Gasteiger partial charge in [-0.25, -0.2) is 0 Å². The molecule has 0 atom stereocenters. The maximum absolute atomic E-state index is 7.38. The van der Waals surface area contributed by atoms with Gasteiger partial charge in [0, 0.05) is 23.5 Å². The zero-order valence-corrected chi connectivity index (χ0v) is 9.19. The Morgan fingerprint density at radius 1 is 1.57 bits per heavy atom. The molecule has 0 amide bonds. The van der Waals surface area contributed by atoms with E-state index in [4.69, 9.17) is 5.41 Å². The van der Waals surface area contributed by atoms with Gasteiger partial charge in [0.25, 0.3) is 0 Å². The first-order valence-electron chi connectivity index (χ1n) is 5.35. The Balaban J connectivity index is 2.64. The fourth-order valence-electron chi connectivity index (χ4n) is 1.52. The van der Waals surface area contributed by atoms with Gasteiger partial charge < -0.3 is 10.7 Å². The maximum atomic E-state index is 7.38. The molecular weight excluding hydrogens is 172 g/mol. The lowest BCUT2D eigenvalue weighted by Gasteiger charge is -2.11. The van der Waals surface area contributed by atoms with Gasteiger partial charge in [-0.2, -0.15) is 0 Å². The Morgan fingerprint density at radius 2 is 2.21 bits per heavy atom. The second kappa shape index (κ2) is 4.99. The van der Waals surface area contributed by atoms with Crippen molar-refractivity contribution in [3.8, 4) is 0 Å². The summed E-state index contributed by atoms with van der Waals surface area (Å²) in [5.41, 5.74) is 3.17. The summed E-state index contributed by atoms with van der Waals surface area (Å²) in [6.45, 7) is 8.19. The van der Waals surface area contributed by atoms with Gasteiger partial charge in [-0.05, 0) is 31.8 Å². The van der Waals surface area contributed by atoms with Gasteiger partial charge in [-0.3, -0.25) is 0 Å². The largest absolute Gasteiger partial charge is 0.385 e. The average Bonchev–Trinajstić information content (AvgIpc) is 2.90. The van der Waals surface area contributed by atoms with E-state index in [0.717, 1.165) is 29.7 Å². The van der Waals surface area contributed by atoms with Gasteiger partial charge in [0.05, 0.1) is 0 Å². The van der Waals surface area contributed by atoms with E-state index in [1.54, 1.807) is 0 Å². The third-order valence-electron chi connectivity index (χ3n) is 2.48. The van der Waals surface area contributed by atoms with E-state index >= 15 is 0 Å². The van der Waals surface area contributed by atoms with E-state index in [0.29, 0.717) is 6.04 Å². The topological polar surface area (TPSA) is 35.9 Å². The highest BCUT2D eigenvalue weighted by Gasteiger charge is 2.21. The molecular formula is C12H20N2. The van der Waals surface area contributed by atoms with Crippen LogP contribution in [0.4, 0.5) is 0 Å². The lowest BCUT2D eigenvalue weighted by Crippen LogP contribution is -2.16. The molecule has 0 radical (unpaired) electrons. The molecule has 2 heteroatoms. The molecule has 0 heterocycles. The third-order valence-corrected chi connectivity index (χ3v) is 2.48. The monoisotopic (exact) mass is 192 g/mol. The van der Waals surface area contributed by atoms with Crippen molar-refractivity contribution in [2.24, 2.45) is 0 Å². The molecule has 0 aromatic carbocycles. The smallest absolute Gasteiger partial charge is 0.0270 e. The van der Waals surface area contributed by atoms with Crippen molar-refractivity contribution in [3.63, 3.8) is 0 Å². The summed E-state index contributed by atoms with van der Waals surface area (Å²) in [4.78, 5) is 0. The average molecular weight is 192 g/mol. The van der Waals surface area contributed by atoms with Gasteiger partial charge in [-0.15, -0.1) is 0 Å². The second-order valence-electron chi connectivity index (χ2n) is 3.96. The third kappa shape index (κ3) is 3.02. The van der Waals surface area contributed by atoms with Crippen molar-refractivity contribution in [1.29, 1.82) is 5.41 Å². The van der Waals surface area contributed by atoms with Crippen LogP contribution in [0, 0.1) is 5.41 Å². The van der Waals surface area contributed by atoms with Crippen LogP contribution >= 0.6 is 0 Å². The molecule has 1 rings (SSSR count). The highest BCUT2D eigenvalue weighted by atomic mass is 15.0. The van der Waals surface area contributed by atoms with Crippen molar-refractivity contribution in [3.05, 3.63) is 23.4 Å². The normalized spacial score (nSPS) is 17.3. The summed E-state index contributed by atoms with van der Waals surface area (Å²) >= 11 is 0. The van der Waals surface area contributed by atoms with Crippen molar-refractivity contribution < 1.29 is 0 Å². The molecule has 2 nitrogen and oxygen atoms in total. The van der Waals surface area contributed by atoms with E-state index in [9.17, 15) is 0 Å². The van der Waals surface area contributed by atoms with E-state index in [2.05, 4.69) is 18.8 Å². The van der Waals surface area contributed by atoms with Crippen molar-refractivity contribution in [2.45, 2.75) is 45.6 Å². The van der Waals surface area contributed by atoms with Crippen LogP contribution in [0.15, 0.2) is 23.4 Å². The summed E-state index contributed by atoms with van der Waals surface area (Å²) < 4.78 is 0. The molecule has 1 aliphatic carbocycles. The molecule has 1 fully saturated rings. The zero-order valence-electron chi connectivity index (χ0n) is 9.19. The minimum Gasteiger partial charge on any atom is -0.385 e. The van der Waals surface area contributed by atoms with Crippen molar-refractivity contribution >= 4 is 6.21 Å². The molecule has 0 aliphatic heterocycles. The SMILES string of the molecule is C=C(CCC)/C(C=N)=C(\C)NC1CC1. The second-order valence-corrected chi connectivity index (χ2v) is 3.96. The van der Waals surface area contributed by atoms with Gasteiger partial charge in [-0.1, -0.05) is 19.9 Å². The number of rotatable bonds is 6. The minimum atomic E-state index is 0.652. The minimum absolute atomic E-state index is 0.652. The number of allylic oxidation sites excluding steroid dienone is 3. The summed E-state index contributed by atoms with van der Waals surface area (Å²) in [7, 11) is 0. The Labute approximate surface area is 86.6 Å². The zero-order chi connectivity index (χ0) is 10.6. The van der Waals surface area contributed by atoms with Gasteiger partial charge >= 0.3 is 0 Å². The van der Waals surface area contributed by atoms with Crippen molar-refractivity contribution in [2.75, 3.05) is 0 Å². The van der Waals surface area contributed by atoms with E-state index in [1.807, 2.05) is 6.92 Å². The lowest BCUT2D eigenvalue weighted by atomic mass is 10.0. The van der Waals surface area contributed by atoms with Crippen LogP contribution in [-0.4, -0.2) is 12.3 Å². The fraction of sp³-hybridized carbons (Fsp3) is 0.583. The first kappa shape index (κ1) is 11.0. The predicted molar refractivity (Wildman–Crippen MR) is 61.7 cm³/mol. The summed E-state index contributed by atoms with van der Waals surface area (Å²) in [6, 6.07) is 0.652. The van der Waals surface area contributed by atoms with Crippen molar-refractivity contribution in [1.82, 2.24) is 5.32 Å². The van der Waals surface area contributed by atoms with Crippen LogP contribution in [-0.2, 0) is 0 Å². The van der Waals surface area contributed by atoms with Crippen LogP contribution in [0.2, 0.25) is 0 Å². The highest BCUT2D eigenvalue weighted by molar-refractivity contribution is 5.82. The van der Waals surface area contributed by atoms with Crippen LogP contribution in [0.3, 0.4) is 0 Å². The molecule has 2 N–H and O–H groups in total. The van der Waals surface area contributed by atoms with E-state index in [1.165, 1.54) is 19.1 Å². The van der Waals surface area contributed by atoms with E-state index < -0.39 is 0 Å². The number of nitrogens with one attached hydrogen (secondary N) is 2. The Kier molecular flexibility index (Phi) is 3.93. The van der Waals surface area contributed by atoms with Crippen LogP contribution < -0.4 is 5.32 Å². The van der Waals surface area contributed by atoms with Crippen LogP contribution in [0.5, 0.6) is 0 Å². The first-order valence-corrected chi connectivity index (χ1v) is 5.35. The number of hydrogen-bond donors (Lipinski definition) is 2. The molecule has 1 aliphatic rings. The Bertz CT molecular complexity index is 259. The van der Waals surface area contributed by atoms with Gasteiger partial charge in [0.1, 0.15) is 0 Å². The summed E-state index contributed by atoms with van der Waals surface area (Å²) in [5.74, 6) is 0. The molecule has 78 valence electrons. The quantitative estimate of drug-likeness (QED) is 0.492. The first-order chi connectivity index (χ1) is 6.69.